The van der Waals surface area contributed by atoms with Crippen LogP contribution < -0.4 is 10.1 Å². The molecule has 2 rings (SSSR count). The van der Waals surface area contributed by atoms with Crippen LogP contribution in [-0.2, 0) is 0 Å². The van der Waals surface area contributed by atoms with Crippen molar-refractivity contribution in [3.05, 3.63) is 51.4 Å². The summed E-state index contributed by atoms with van der Waals surface area (Å²) in [6, 6.07) is 5.23. The Kier molecular flexibility index (Phi) is 4.29. The van der Waals surface area contributed by atoms with E-state index in [-0.39, 0.29) is 28.0 Å². The Bertz CT molecular complexity index is 707. The summed E-state index contributed by atoms with van der Waals surface area (Å²) in [5.41, 5.74) is -0.205. The first-order valence-electron chi connectivity index (χ1n) is 5.62. The Morgan fingerprint density at radius 1 is 1.38 bits per heavy atom. The van der Waals surface area contributed by atoms with Gasteiger partial charge < -0.3 is 10.1 Å². The number of rotatable bonds is 4. The molecule has 21 heavy (non-hydrogen) atoms. The summed E-state index contributed by atoms with van der Waals surface area (Å²) in [4.78, 5) is 29.8. The summed E-state index contributed by atoms with van der Waals surface area (Å²) in [6.45, 7) is 0. The Morgan fingerprint density at radius 3 is 2.76 bits per heavy atom. The third-order valence-electron chi connectivity index (χ3n) is 2.51. The maximum absolute atomic E-state index is 12.0. The number of nitrogens with zero attached hydrogens (tertiary/aromatic N) is 3. The summed E-state index contributed by atoms with van der Waals surface area (Å²) in [5, 5.41) is 13.5. The van der Waals surface area contributed by atoms with Crippen molar-refractivity contribution in [1.29, 1.82) is 0 Å². The van der Waals surface area contributed by atoms with Crippen LogP contribution in [-0.4, -0.2) is 27.9 Å². The number of carbonyl (C=O) groups excluding carboxylic acids is 1. The van der Waals surface area contributed by atoms with Gasteiger partial charge in [0.1, 0.15) is 17.3 Å². The molecule has 9 heteroatoms. The van der Waals surface area contributed by atoms with Crippen LogP contribution in [0.1, 0.15) is 10.4 Å². The van der Waals surface area contributed by atoms with Crippen LogP contribution in [0.2, 0.25) is 5.15 Å². The van der Waals surface area contributed by atoms with E-state index < -0.39 is 10.8 Å². The second kappa shape index (κ2) is 6.14. The van der Waals surface area contributed by atoms with Crippen molar-refractivity contribution in [3.8, 4) is 5.75 Å². The number of hydrogen-bond acceptors (Lipinski definition) is 6. The molecule has 0 bridgehead atoms. The molecule has 1 aromatic heterocycles. The minimum Gasteiger partial charge on any atom is -0.490 e. The van der Waals surface area contributed by atoms with Gasteiger partial charge in [-0.05, 0) is 12.1 Å². The van der Waals surface area contributed by atoms with E-state index in [1.54, 1.807) is 0 Å². The first-order valence-corrected chi connectivity index (χ1v) is 6.00. The van der Waals surface area contributed by atoms with Crippen LogP contribution in [0.3, 0.4) is 0 Å². The van der Waals surface area contributed by atoms with Gasteiger partial charge in [0.2, 0.25) is 0 Å². The number of anilines is 1. The molecule has 1 N–H and O–H groups in total. The van der Waals surface area contributed by atoms with Crippen LogP contribution in [0, 0.1) is 10.1 Å². The van der Waals surface area contributed by atoms with E-state index in [0.717, 1.165) is 6.07 Å². The molecular formula is C12H9ClN4O4. The van der Waals surface area contributed by atoms with Crippen molar-refractivity contribution < 1.29 is 14.5 Å². The number of carbonyl (C=O) groups is 1. The van der Waals surface area contributed by atoms with Gasteiger partial charge in [0.05, 0.1) is 12.0 Å². The monoisotopic (exact) mass is 308 g/mol. The minimum atomic E-state index is -0.628. The lowest BCUT2D eigenvalue weighted by Gasteiger charge is -2.06. The fourth-order valence-electron chi connectivity index (χ4n) is 1.56. The van der Waals surface area contributed by atoms with Crippen LogP contribution in [0.4, 0.5) is 11.5 Å². The first-order chi connectivity index (χ1) is 10.0. The molecule has 0 aliphatic rings. The predicted molar refractivity (Wildman–Crippen MR) is 74.6 cm³/mol. The molecule has 1 amide bonds. The SMILES string of the molecule is COc1ccc(C(=O)Nc2cc(Cl)ncn2)cc1[N+](=O)[O-]. The van der Waals surface area contributed by atoms with Gasteiger partial charge in [0, 0.05) is 17.7 Å². The Balaban J connectivity index is 2.27. The molecule has 0 unspecified atom stereocenters. The number of nitrogens with one attached hydrogen (secondary N) is 1. The summed E-state index contributed by atoms with van der Waals surface area (Å²) in [5.74, 6) is -0.296. The summed E-state index contributed by atoms with van der Waals surface area (Å²) >= 11 is 5.67. The summed E-state index contributed by atoms with van der Waals surface area (Å²) < 4.78 is 4.86. The maximum Gasteiger partial charge on any atom is 0.311 e. The van der Waals surface area contributed by atoms with E-state index >= 15 is 0 Å². The normalized spacial score (nSPS) is 10.0. The third kappa shape index (κ3) is 3.42. The molecule has 0 fully saturated rings. The fraction of sp³-hybridized carbons (Fsp3) is 0.0833. The second-order valence-corrected chi connectivity index (χ2v) is 4.21. The molecule has 0 aliphatic heterocycles. The number of methoxy groups -OCH3 is 1. The van der Waals surface area contributed by atoms with Gasteiger partial charge in [-0.3, -0.25) is 14.9 Å². The van der Waals surface area contributed by atoms with Crippen LogP contribution in [0.25, 0.3) is 0 Å². The number of aromatic nitrogens is 2. The number of benzene rings is 1. The number of hydrogen-bond donors (Lipinski definition) is 1. The highest BCUT2D eigenvalue weighted by Crippen LogP contribution is 2.27. The zero-order valence-electron chi connectivity index (χ0n) is 10.7. The van der Waals surface area contributed by atoms with Gasteiger partial charge in [0.15, 0.2) is 5.75 Å². The first kappa shape index (κ1) is 14.7. The van der Waals surface area contributed by atoms with Gasteiger partial charge >= 0.3 is 5.69 Å². The van der Waals surface area contributed by atoms with Gasteiger partial charge in [-0.25, -0.2) is 9.97 Å². The lowest BCUT2D eigenvalue weighted by molar-refractivity contribution is -0.385. The Morgan fingerprint density at radius 2 is 2.14 bits per heavy atom. The van der Waals surface area contributed by atoms with E-state index in [4.69, 9.17) is 16.3 Å². The van der Waals surface area contributed by atoms with E-state index in [2.05, 4.69) is 15.3 Å². The summed E-state index contributed by atoms with van der Waals surface area (Å²) in [6.07, 6.45) is 1.19. The van der Waals surface area contributed by atoms with Crippen molar-refractivity contribution in [1.82, 2.24) is 9.97 Å². The molecule has 2 aromatic rings. The topological polar surface area (TPSA) is 107 Å². The molecule has 1 aromatic carbocycles. The van der Waals surface area contributed by atoms with Gasteiger partial charge in [-0.15, -0.1) is 0 Å². The third-order valence-corrected chi connectivity index (χ3v) is 2.72. The molecule has 0 radical (unpaired) electrons. The van der Waals surface area contributed by atoms with Crippen molar-refractivity contribution in [2.75, 3.05) is 12.4 Å². The van der Waals surface area contributed by atoms with Crippen molar-refractivity contribution >= 4 is 29.0 Å². The average molecular weight is 309 g/mol. The zero-order valence-corrected chi connectivity index (χ0v) is 11.5. The van der Waals surface area contributed by atoms with Gasteiger partial charge in [-0.2, -0.15) is 0 Å². The lowest BCUT2D eigenvalue weighted by Crippen LogP contribution is -2.13. The molecule has 108 valence electrons. The fourth-order valence-corrected chi connectivity index (χ4v) is 1.71. The summed E-state index contributed by atoms with van der Waals surface area (Å²) in [7, 11) is 1.31. The van der Waals surface area contributed by atoms with Crippen molar-refractivity contribution in [3.63, 3.8) is 0 Å². The molecule has 0 saturated heterocycles. The Labute approximate surface area is 123 Å². The largest absolute Gasteiger partial charge is 0.490 e. The number of nitro benzene ring substituents is 1. The highest BCUT2D eigenvalue weighted by molar-refractivity contribution is 6.29. The molecule has 0 atom stereocenters. The highest BCUT2D eigenvalue weighted by atomic mass is 35.5. The van der Waals surface area contributed by atoms with Gasteiger partial charge in [-0.1, -0.05) is 11.6 Å². The van der Waals surface area contributed by atoms with Crippen LogP contribution in [0.5, 0.6) is 5.75 Å². The second-order valence-electron chi connectivity index (χ2n) is 3.82. The van der Waals surface area contributed by atoms with Crippen molar-refractivity contribution in [2.24, 2.45) is 0 Å². The van der Waals surface area contributed by atoms with E-state index in [1.165, 1.54) is 31.6 Å². The smallest absolute Gasteiger partial charge is 0.311 e. The van der Waals surface area contributed by atoms with Crippen LogP contribution in [0.15, 0.2) is 30.6 Å². The molecule has 0 saturated carbocycles. The van der Waals surface area contributed by atoms with E-state index in [1.807, 2.05) is 0 Å². The number of ether oxygens (including phenoxy) is 1. The zero-order chi connectivity index (χ0) is 15.4. The average Bonchev–Trinajstić information content (AvgIpc) is 2.46. The lowest BCUT2D eigenvalue weighted by atomic mass is 10.1. The van der Waals surface area contributed by atoms with E-state index in [0.29, 0.717) is 0 Å². The van der Waals surface area contributed by atoms with Crippen LogP contribution >= 0.6 is 11.6 Å². The Hall–Kier alpha value is -2.74. The molecular weight excluding hydrogens is 300 g/mol. The minimum absolute atomic E-state index is 0.0710. The quantitative estimate of drug-likeness (QED) is 0.527. The molecule has 8 nitrogen and oxygen atoms in total. The number of amides is 1. The highest BCUT2D eigenvalue weighted by Gasteiger charge is 2.18. The number of halogens is 1. The van der Waals surface area contributed by atoms with Gasteiger partial charge in [0.25, 0.3) is 5.91 Å². The standard InChI is InChI=1S/C12H9ClN4O4/c1-21-9-3-2-7(4-8(9)17(19)20)12(18)16-11-5-10(13)14-6-15-11/h2-6H,1H3,(H,14,15,16,18). The van der Waals surface area contributed by atoms with E-state index in [9.17, 15) is 14.9 Å². The maximum atomic E-state index is 12.0. The molecule has 0 aliphatic carbocycles. The number of nitro groups is 1. The molecule has 1 heterocycles. The predicted octanol–water partition coefficient (Wildman–Crippen LogP) is 2.30. The molecule has 0 spiro atoms. The van der Waals surface area contributed by atoms with Crippen molar-refractivity contribution in [2.45, 2.75) is 0 Å².